The van der Waals surface area contributed by atoms with Gasteiger partial charge in [-0.1, -0.05) is 23.7 Å². The van der Waals surface area contributed by atoms with Gasteiger partial charge in [0.25, 0.3) is 0 Å². The molecule has 0 saturated carbocycles. The first kappa shape index (κ1) is 20.3. The van der Waals surface area contributed by atoms with Crippen molar-refractivity contribution in [1.29, 1.82) is 0 Å². The van der Waals surface area contributed by atoms with Crippen molar-refractivity contribution in [3.8, 4) is 11.5 Å². The summed E-state index contributed by atoms with van der Waals surface area (Å²) in [4.78, 5) is 0. The van der Waals surface area contributed by atoms with E-state index >= 15 is 0 Å². The molecule has 0 spiro atoms. The second-order valence-electron chi connectivity index (χ2n) is 5.66. The highest BCUT2D eigenvalue weighted by molar-refractivity contribution is 7.85. The molecule has 11 heteroatoms. The number of nitrogens with zero attached hydrogens (tertiary/aromatic N) is 3. The fourth-order valence-corrected chi connectivity index (χ4v) is 3.30. The Morgan fingerprint density at radius 3 is 2.50 bits per heavy atom. The number of hydrogen-bond donors (Lipinski definition) is 0. The molecule has 0 aliphatic rings. The number of aromatic nitrogens is 2. The summed E-state index contributed by atoms with van der Waals surface area (Å²) in [5.41, 5.74) is 0.703. The number of halogens is 5. The van der Waals surface area contributed by atoms with Crippen LogP contribution in [0.25, 0.3) is 11.5 Å². The molecule has 1 aromatic heterocycles. The van der Waals surface area contributed by atoms with Crippen LogP contribution in [0.15, 0.2) is 46.9 Å². The van der Waals surface area contributed by atoms with Crippen molar-refractivity contribution in [3.05, 3.63) is 64.8 Å². The molecule has 0 N–H and O–H groups in total. The summed E-state index contributed by atoms with van der Waals surface area (Å²) in [7, 11) is -1.48. The van der Waals surface area contributed by atoms with Gasteiger partial charge in [-0.3, -0.25) is 4.31 Å². The van der Waals surface area contributed by atoms with Gasteiger partial charge in [-0.2, -0.15) is 13.2 Å². The number of rotatable bonds is 5. The first-order valence-corrected chi connectivity index (χ1v) is 9.60. The fraction of sp³-hybridized carbons (Fsp3) is 0.176. The lowest BCUT2D eigenvalue weighted by Gasteiger charge is -2.22. The summed E-state index contributed by atoms with van der Waals surface area (Å²) in [6.07, 6.45) is -3.35. The smallest absolute Gasteiger partial charge is 0.413 e. The molecule has 28 heavy (non-hydrogen) atoms. The van der Waals surface area contributed by atoms with Crippen LogP contribution in [0.1, 0.15) is 11.5 Å². The molecular weight excluding hydrogens is 422 g/mol. The standard InChI is InChI=1S/C17H12ClF4N3O2S/c1-28(26)25(13-4-2-3-12(18)8-13)9-11-6-5-10(7-14(11)19)15-23-24-16(27-15)17(20,21)22/h2-8H,9H2,1H3. The van der Waals surface area contributed by atoms with E-state index in [-0.39, 0.29) is 17.7 Å². The SMILES string of the molecule is CS(=O)N(Cc1ccc(-c2nnc(C(F)(F)F)o2)cc1F)c1cccc(Cl)c1. The Morgan fingerprint density at radius 1 is 1.18 bits per heavy atom. The molecule has 3 rings (SSSR count). The summed E-state index contributed by atoms with van der Waals surface area (Å²) in [5, 5.41) is 6.63. The van der Waals surface area contributed by atoms with Crippen molar-refractivity contribution in [2.45, 2.75) is 12.7 Å². The molecule has 1 heterocycles. The summed E-state index contributed by atoms with van der Waals surface area (Å²) >= 11 is 5.95. The highest BCUT2D eigenvalue weighted by Gasteiger charge is 2.38. The summed E-state index contributed by atoms with van der Waals surface area (Å²) < 4.78 is 70.3. The van der Waals surface area contributed by atoms with Crippen molar-refractivity contribution in [3.63, 3.8) is 0 Å². The molecule has 0 radical (unpaired) electrons. The maximum Gasteiger partial charge on any atom is 0.470 e. The van der Waals surface area contributed by atoms with Gasteiger partial charge in [-0.15, -0.1) is 10.2 Å². The maximum absolute atomic E-state index is 14.5. The third kappa shape index (κ3) is 4.50. The molecule has 2 aromatic carbocycles. The van der Waals surface area contributed by atoms with E-state index in [1.54, 1.807) is 24.3 Å². The minimum Gasteiger partial charge on any atom is -0.413 e. The normalized spacial score (nSPS) is 12.8. The van der Waals surface area contributed by atoms with Gasteiger partial charge >= 0.3 is 12.1 Å². The Morgan fingerprint density at radius 2 is 1.93 bits per heavy atom. The zero-order valence-electron chi connectivity index (χ0n) is 14.2. The summed E-state index contributed by atoms with van der Waals surface area (Å²) in [6, 6.07) is 10.3. The average Bonchev–Trinajstić information content (AvgIpc) is 3.11. The molecule has 1 unspecified atom stereocenters. The lowest BCUT2D eigenvalue weighted by Crippen LogP contribution is -2.24. The predicted molar refractivity (Wildman–Crippen MR) is 96.4 cm³/mol. The average molecular weight is 434 g/mol. The Labute approximate surface area is 164 Å². The molecular formula is C17H12ClF4N3O2S. The zero-order chi connectivity index (χ0) is 20.5. The van der Waals surface area contributed by atoms with Crippen LogP contribution >= 0.6 is 11.6 Å². The molecule has 0 aliphatic heterocycles. The van der Waals surface area contributed by atoms with Crippen molar-refractivity contribution in [2.75, 3.05) is 10.6 Å². The number of benzene rings is 2. The monoisotopic (exact) mass is 433 g/mol. The largest absolute Gasteiger partial charge is 0.470 e. The highest BCUT2D eigenvalue weighted by Crippen LogP contribution is 2.31. The molecule has 3 aromatic rings. The molecule has 0 bridgehead atoms. The fourth-order valence-electron chi connectivity index (χ4n) is 2.38. The summed E-state index contributed by atoms with van der Waals surface area (Å²) in [6.45, 7) is -0.0484. The minimum atomic E-state index is -4.79. The molecule has 0 amide bonds. The number of alkyl halides is 3. The van der Waals surface area contributed by atoms with Gasteiger partial charge in [-0.25, -0.2) is 8.60 Å². The molecule has 148 valence electrons. The quantitative estimate of drug-likeness (QED) is 0.540. The first-order chi connectivity index (χ1) is 13.1. The topological polar surface area (TPSA) is 59.2 Å². The maximum atomic E-state index is 14.5. The minimum absolute atomic E-state index is 0.00354. The predicted octanol–water partition coefficient (Wildman–Crippen LogP) is 4.85. The Bertz CT molecular complexity index is 1030. The highest BCUT2D eigenvalue weighted by atomic mass is 35.5. The number of hydrogen-bond acceptors (Lipinski definition) is 4. The Balaban J connectivity index is 1.87. The third-order valence-corrected chi connectivity index (χ3v) is 4.88. The van der Waals surface area contributed by atoms with Gasteiger partial charge in [0.2, 0.25) is 5.89 Å². The van der Waals surface area contributed by atoms with Gasteiger partial charge in [0.05, 0.1) is 12.2 Å². The second kappa shape index (κ2) is 7.88. The van der Waals surface area contributed by atoms with Crippen molar-refractivity contribution in [1.82, 2.24) is 10.2 Å². The van der Waals surface area contributed by atoms with Crippen LogP contribution in [-0.4, -0.2) is 20.7 Å². The molecule has 5 nitrogen and oxygen atoms in total. The van der Waals surface area contributed by atoms with Gasteiger partial charge in [0.15, 0.2) is 0 Å². The van der Waals surface area contributed by atoms with Crippen LogP contribution in [0.5, 0.6) is 0 Å². The van der Waals surface area contributed by atoms with E-state index in [1.807, 2.05) is 0 Å². The van der Waals surface area contributed by atoms with Crippen molar-refractivity contribution < 1.29 is 26.2 Å². The molecule has 0 aliphatic carbocycles. The van der Waals surface area contributed by atoms with E-state index in [0.29, 0.717) is 10.7 Å². The van der Waals surface area contributed by atoms with Crippen LogP contribution in [0.3, 0.4) is 0 Å². The van der Waals surface area contributed by atoms with E-state index < -0.39 is 34.8 Å². The summed E-state index contributed by atoms with van der Waals surface area (Å²) in [5.74, 6) is -2.69. The van der Waals surface area contributed by atoms with Gasteiger partial charge in [-0.05, 0) is 30.3 Å². The van der Waals surface area contributed by atoms with E-state index in [4.69, 9.17) is 11.6 Å². The van der Waals surface area contributed by atoms with Crippen molar-refractivity contribution in [2.24, 2.45) is 0 Å². The molecule has 0 saturated heterocycles. The van der Waals surface area contributed by atoms with Crippen molar-refractivity contribution >= 4 is 28.3 Å². The third-order valence-electron chi connectivity index (χ3n) is 3.69. The van der Waals surface area contributed by atoms with Gasteiger partial charge in [0, 0.05) is 22.4 Å². The lowest BCUT2D eigenvalue weighted by atomic mass is 10.1. The molecule has 1 atom stereocenters. The first-order valence-electron chi connectivity index (χ1n) is 7.71. The Kier molecular flexibility index (Phi) is 5.71. The van der Waals surface area contributed by atoms with Crippen LogP contribution < -0.4 is 4.31 Å². The van der Waals surface area contributed by atoms with E-state index in [9.17, 15) is 21.8 Å². The zero-order valence-corrected chi connectivity index (χ0v) is 15.8. The molecule has 0 fully saturated rings. The lowest BCUT2D eigenvalue weighted by molar-refractivity contribution is -0.156. The van der Waals surface area contributed by atoms with Crippen LogP contribution in [0.4, 0.5) is 23.2 Å². The van der Waals surface area contributed by atoms with Crippen LogP contribution in [0, 0.1) is 5.82 Å². The van der Waals surface area contributed by atoms with E-state index in [2.05, 4.69) is 14.6 Å². The van der Waals surface area contributed by atoms with E-state index in [1.165, 1.54) is 22.7 Å². The van der Waals surface area contributed by atoms with Gasteiger partial charge in [0.1, 0.15) is 16.8 Å². The number of anilines is 1. The Hall–Kier alpha value is -2.46. The van der Waals surface area contributed by atoms with Gasteiger partial charge < -0.3 is 4.42 Å². The van der Waals surface area contributed by atoms with E-state index in [0.717, 1.165) is 6.07 Å². The van der Waals surface area contributed by atoms with Crippen LogP contribution in [-0.2, 0) is 23.7 Å². The van der Waals surface area contributed by atoms with Crippen LogP contribution in [0.2, 0.25) is 5.02 Å². The second-order valence-corrected chi connectivity index (χ2v) is 7.38.